The predicted octanol–water partition coefficient (Wildman–Crippen LogP) is 11.6. The maximum atomic E-state index is 12.6. The van der Waals surface area contributed by atoms with Crippen LogP contribution in [0.2, 0.25) is 0 Å². The van der Waals surface area contributed by atoms with Gasteiger partial charge in [-0.05, 0) is 24.7 Å². The van der Waals surface area contributed by atoms with E-state index in [2.05, 4.69) is 32.2 Å². The molecule has 11 heteroatoms. The average Bonchev–Trinajstić information content (AvgIpc) is 3.14. The molecular formula is C43H85O10P. The molecule has 0 spiro atoms. The Bertz CT molecular complexity index is 901. The van der Waals surface area contributed by atoms with Crippen LogP contribution in [0.4, 0.5) is 0 Å². The number of carbonyl (C=O) groups excluding carboxylic acids is 2. The van der Waals surface area contributed by atoms with Crippen molar-refractivity contribution in [1.82, 2.24) is 0 Å². The number of aliphatic hydroxyl groups is 2. The summed E-state index contributed by atoms with van der Waals surface area (Å²) < 4.78 is 32.7. The van der Waals surface area contributed by atoms with E-state index in [0.29, 0.717) is 12.8 Å². The zero-order valence-electron chi connectivity index (χ0n) is 35.3. The molecule has 0 saturated carbocycles. The van der Waals surface area contributed by atoms with Crippen molar-refractivity contribution >= 4 is 19.8 Å². The van der Waals surface area contributed by atoms with E-state index >= 15 is 0 Å². The van der Waals surface area contributed by atoms with Crippen LogP contribution in [-0.2, 0) is 32.7 Å². The molecule has 0 bridgehead atoms. The van der Waals surface area contributed by atoms with Gasteiger partial charge in [0.15, 0.2) is 6.10 Å². The van der Waals surface area contributed by atoms with E-state index in [1.807, 2.05) is 0 Å². The average molecular weight is 793 g/mol. The summed E-state index contributed by atoms with van der Waals surface area (Å²) in [5.41, 5.74) is 0. The number of aliphatic hydroxyl groups excluding tert-OH is 2. The SMILES string of the molecule is CCC(C)CCCCCCCCC(=O)OC[C@H](COP(=O)(O)OC[C@@H](O)CO)OC(=O)CCCCCCCCCCCCCCCCCCCCC(C)C. The van der Waals surface area contributed by atoms with Gasteiger partial charge < -0.3 is 24.6 Å². The van der Waals surface area contributed by atoms with Crippen molar-refractivity contribution in [2.45, 2.75) is 226 Å². The Morgan fingerprint density at radius 3 is 1.37 bits per heavy atom. The second-order valence-electron chi connectivity index (χ2n) is 16.2. The van der Waals surface area contributed by atoms with Gasteiger partial charge in [0.1, 0.15) is 12.7 Å². The molecule has 2 unspecified atom stereocenters. The summed E-state index contributed by atoms with van der Waals surface area (Å²) in [5.74, 6) is 0.702. The minimum Gasteiger partial charge on any atom is -0.462 e. The minimum atomic E-state index is -4.61. The largest absolute Gasteiger partial charge is 0.472 e. The lowest BCUT2D eigenvalue weighted by Gasteiger charge is -2.20. The number of phosphoric ester groups is 1. The maximum absolute atomic E-state index is 12.6. The Balaban J connectivity index is 4.16. The van der Waals surface area contributed by atoms with Crippen molar-refractivity contribution in [3.8, 4) is 0 Å². The van der Waals surface area contributed by atoms with E-state index in [1.54, 1.807) is 0 Å². The van der Waals surface area contributed by atoms with Crippen molar-refractivity contribution in [1.29, 1.82) is 0 Å². The molecule has 0 aliphatic heterocycles. The van der Waals surface area contributed by atoms with E-state index in [0.717, 1.165) is 50.4 Å². The summed E-state index contributed by atoms with van der Waals surface area (Å²) in [6.07, 6.45) is 30.9. The van der Waals surface area contributed by atoms with Crippen LogP contribution in [0.5, 0.6) is 0 Å². The fourth-order valence-electron chi connectivity index (χ4n) is 6.39. The third kappa shape index (κ3) is 37.9. The number of rotatable bonds is 41. The van der Waals surface area contributed by atoms with Crippen molar-refractivity contribution in [2.75, 3.05) is 26.4 Å². The first-order valence-corrected chi connectivity index (χ1v) is 23.7. The summed E-state index contributed by atoms with van der Waals surface area (Å²) in [7, 11) is -4.61. The summed E-state index contributed by atoms with van der Waals surface area (Å²) in [5, 5.41) is 18.3. The van der Waals surface area contributed by atoms with E-state index in [1.165, 1.54) is 122 Å². The highest BCUT2D eigenvalue weighted by atomic mass is 31.2. The van der Waals surface area contributed by atoms with Crippen LogP contribution in [0.25, 0.3) is 0 Å². The zero-order chi connectivity index (χ0) is 40.1. The molecule has 0 aliphatic rings. The first-order valence-electron chi connectivity index (χ1n) is 22.2. The Labute approximate surface area is 331 Å². The molecule has 0 aromatic carbocycles. The minimum absolute atomic E-state index is 0.191. The third-order valence-corrected chi connectivity index (χ3v) is 11.2. The van der Waals surface area contributed by atoms with Crippen LogP contribution >= 0.6 is 7.82 Å². The number of hydrogen-bond acceptors (Lipinski definition) is 9. The fourth-order valence-corrected chi connectivity index (χ4v) is 7.18. The second-order valence-corrected chi connectivity index (χ2v) is 17.6. The normalized spacial score (nSPS) is 14.5. The van der Waals surface area contributed by atoms with Gasteiger partial charge in [0.05, 0.1) is 19.8 Å². The molecule has 4 atom stereocenters. The molecule has 0 heterocycles. The number of carbonyl (C=O) groups is 2. The van der Waals surface area contributed by atoms with Gasteiger partial charge in [0.2, 0.25) is 0 Å². The zero-order valence-corrected chi connectivity index (χ0v) is 36.2. The predicted molar refractivity (Wildman–Crippen MR) is 219 cm³/mol. The van der Waals surface area contributed by atoms with Crippen molar-refractivity contribution in [3.05, 3.63) is 0 Å². The topological polar surface area (TPSA) is 149 Å². The molecular weight excluding hydrogens is 707 g/mol. The Morgan fingerprint density at radius 2 is 0.944 bits per heavy atom. The van der Waals surface area contributed by atoms with Crippen molar-refractivity contribution < 1.29 is 47.8 Å². The van der Waals surface area contributed by atoms with Crippen LogP contribution in [-0.4, -0.2) is 65.7 Å². The molecule has 0 fully saturated rings. The van der Waals surface area contributed by atoms with Gasteiger partial charge in [-0.1, -0.05) is 188 Å². The van der Waals surface area contributed by atoms with Gasteiger partial charge >= 0.3 is 19.8 Å². The van der Waals surface area contributed by atoms with E-state index in [9.17, 15) is 24.2 Å². The molecule has 0 aromatic heterocycles. The lowest BCUT2D eigenvalue weighted by atomic mass is 10.00. The van der Waals surface area contributed by atoms with Crippen LogP contribution in [0, 0.1) is 11.8 Å². The molecule has 3 N–H and O–H groups in total. The molecule has 0 aliphatic carbocycles. The first kappa shape index (κ1) is 53.0. The summed E-state index contributed by atoms with van der Waals surface area (Å²) >= 11 is 0. The third-order valence-electron chi connectivity index (χ3n) is 10.2. The van der Waals surface area contributed by atoms with Crippen LogP contribution in [0.3, 0.4) is 0 Å². The van der Waals surface area contributed by atoms with Gasteiger partial charge in [-0.3, -0.25) is 18.6 Å². The molecule has 0 aromatic rings. The van der Waals surface area contributed by atoms with Gasteiger partial charge in [-0.15, -0.1) is 0 Å². The number of phosphoric acid groups is 1. The lowest BCUT2D eigenvalue weighted by molar-refractivity contribution is -0.161. The standard InChI is InChI=1S/C43H85O10P/c1-5-39(4)31-27-23-20-21-24-28-32-42(46)50-36-41(37-52-54(48,49)51-35-40(45)34-44)53-43(47)33-29-25-19-17-15-13-11-9-7-6-8-10-12-14-16-18-22-26-30-38(2)3/h38-41,44-45H,5-37H2,1-4H3,(H,48,49)/t39?,40-,41+/m0/s1. The second kappa shape index (κ2) is 37.5. The van der Waals surface area contributed by atoms with Gasteiger partial charge in [0, 0.05) is 12.8 Å². The molecule has 0 rings (SSSR count). The fraction of sp³-hybridized carbons (Fsp3) is 0.953. The molecule has 0 amide bonds. The van der Waals surface area contributed by atoms with Gasteiger partial charge in [-0.2, -0.15) is 0 Å². The summed E-state index contributed by atoms with van der Waals surface area (Å²) in [6.45, 7) is 7.04. The molecule has 54 heavy (non-hydrogen) atoms. The molecule has 0 saturated heterocycles. The number of unbranched alkanes of at least 4 members (excludes halogenated alkanes) is 22. The maximum Gasteiger partial charge on any atom is 0.472 e. The van der Waals surface area contributed by atoms with Gasteiger partial charge in [0.25, 0.3) is 0 Å². The van der Waals surface area contributed by atoms with E-state index < -0.39 is 51.8 Å². The number of hydrogen-bond donors (Lipinski definition) is 3. The molecule has 322 valence electrons. The Kier molecular flexibility index (Phi) is 36.8. The molecule has 0 radical (unpaired) electrons. The van der Waals surface area contributed by atoms with E-state index in [4.69, 9.17) is 19.1 Å². The number of esters is 2. The van der Waals surface area contributed by atoms with Crippen molar-refractivity contribution in [3.63, 3.8) is 0 Å². The highest BCUT2D eigenvalue weighted by Crippen LogP contribution is 2.43. The Hall–Kier alpha value is -1.03. The lowest BCUT2D eigenvalue weighted by Crippen LogP contribution is -2.29. The van der Waals surface area contributed by atoms with Crippen LogP contribution in [0.1, 0.15) is 214 Å². The monoisotopic (exact) mass is 793 g/mol. The van der Waals surface area contributed by atoms with Crippen molar-refractivity contribution in [2.24, 2.45) is 11.8 Å². The van der Waals surface area contributed by atoms with Crippen LogP contribution in [0.15, 0.2) is 0 Å². The van der Waals surface area contributed by atoms with Crippen LogP contribution < -0.4 is 0 Å². The summed E-state index contributed by atoms with van der Waals surface area (Å²) in [6, 6.07) is 0. The highest BCUT2D eigenvalue weighted by Gasteiger charge is 2.27. The Morgan fingerprint density at radius 1 is 0.556 bits per heavy atom. The highest BCUT2D eigenvalue weighted by molar-refractivity contribution is 7.47. The quantitative estimate of drug-likeness (QED) is 0.0310. The molecule has 10 nitrogen and oxygen atoms in total. The summed E-state index contributed by atoms with van der Waals surface area (Å²) in [4.78, 5) is 34.9. The van der Waals surface area contributed by atoms with Gasteiger partial charge in [-0.25, -0.2) is 4.57 Å². The number of ether oxygens (including phenoxy) is 2. The smallest absolute Gasteiger partial charge is 0.462 e. The first-order chi connectivity index (χ1) is 26.0. The van der Waals surface area contributed by atoms with E-state index in [-0.39, 0.29) is 19.4 Å².